The Hall–Kier alpha value is -2.87. The topological polar surface area (TPSA) is 95.6 Å². The van der Waals surface area contributed by atoms with E-state index >= 15 is 0 Å². The molecule has 160 valence electrons. The summed E-state index contributed by atoms with van der Waals surface area (Å²) in [6.45, 7) is 5.89. The highest BCUT2D eigenvalue weighted by molar-refractivity contribution is 7.92. The number of fused-ring (bicyclic) bond motifs is 1. The van der Waals surface area contributed by atoms with Crippen molar-refractivity contribution in [2.75, 3.05) is 21.5 Å². The quantitative estimate of drug-likeness (QED) is 0.729. The van der Waals surface area contributed by atoms with Crippen LogP contribution in [0.15, 0.2) is 41.3 Å². The van der Waals surface area contributed by atoms with Crippen molar-refractivity contribution in [3.8, 4) is 0 Å². The van der Waals surface area contributed by atoms with E-state index in [2.05, 4.69) is 10.0 Å². The van der Waals surface area contributed by atoms with Crippen LogP contribution in [0.4, 0.5) is 17.1 Å². The average Bonchev–Trinajstić information content (AvgIpc) is 2.72. The minimum absolute atomic E-state index is 0.0246. The molecule has 0 bridgehead atoms. The fraction of sp³-hybridized carbons (Fsp3) is 0.364. The summed E-state index contributed by atoms with van der Waals surface area (Å²) in [5.41, 5.74) is 3.30. The lowest BCUT2D eigenvalue weighted by Gasteiger charge is -2.30. The number of nitrogens with zero attached hydrogens (tertiary/aromatic N) is 1. The Morgan fingerprint density at radius 1 is 1.03 bits per heavy atom. The number of nitrogens with one attached hydrogen (secondary N) is 2. The lowest BCUT2D eigenvalue weighted by molar-refractivity contribution is -0.118. The van der Waals surface area contributed by atoms with Crippen LogP contribution in [-0.2, 0) is 26.0 Å². The van der Waals surface area contributed by atoms with Gasteiger partial charge in [-0.3, -0.25) is 14.3 Å². The SMILES string of the molecule is CCC(=O)Nc1ccc(S(=O)(=O)Nc2ccc3c(c2)N(C(=O)CC)CCC3)c(C)c1. The Morgan fingerprint density at radius 2 is 1.77 bits per heavy atom. The second kappa shape index (κ2) is 8.87. The molecule has 0 fully saturated rings. The Balaban J connectivity index is 1.87. The summed E-state index contributed by atoms with van der Waals surface area (Å²) in [6, 6.07) is 10.0. The predicted molar refractivity (Wildman–Crippen MR) is 118 cm³/mol. The maximum Gasteiger partial charge on any atom is 0.262 e. The third kappa shape index (κ3) is 4.64. The maximum absolute atomic E-state index is 13.0. The van der Waals surface area contributed by atoms with Gasteiger partial charge in [0.25, 0.3) is 10.0 Å². The zero-order chi connectivity index (χ0) is 21.9. The molecule has 2 aromatic rings. The summed E-state index contributed by atoms with van der Waals surface area (Å²) in [6.07, 6.45) is 2.50. The average molecular weight is 430 g/mol. The number of aryl methyl sites for hydroxylation is 2. The Labute approximate surface area is 177 Å². The van der Waals surface area contributed by atoms with Gasteiger partial charge in [0.2, 0.25) is 11.8 Å². The molecule has 2 amide bonds. The summed E-state index contributed by atoms with van der Waals surface area (Å²) >= 11 is 0. The van der Waals surface area contributed by atoms with Crippen molar-refractivity contribution < 1.29 is 18.0 Å². The molecular weight excluding hydrogens is 402 g/mol. The number of benzene rings is 2. The molecule has 2 aromatic carbocycles. The highest BCUT2D eigenvalue weighted by Gasteiger charge is 2.23. The van der Waals surface area contributed by atoms with Crippen molar-refractivity contribution in [1.82, 2.24) is 0 Å². The van der Waals surface area contributed by atoms with E-state index in [1.165, 1.54) is 6.07 Å². The number of amides is 2. The predicted octanol–water partition coefficient (Wildman–Crippen LogP) is 3.83. The molecule has 0 saturated carbocycles. The number of hydrogen-bond donors (Lipinski definition) is 2. The molecule has 8 heteroatoms. The van der Waals surface area contributed by atoms with Gasteiger partial charge in [0.15, 0.2) is 0 Å². The monoisotopic (exact) mass is 429 g/mol. The standard InChI is InChI=1S/C22H27N3O4S/c1-4-21(26)23-17-10-11-20(15(3)13-17)30(28,29)24-18-9-8-16-7-6-12-25(19(16)14-18)22(27)5-2/h8-11,13-14,24H,4-7,12H2,1-3H3,(H,23,26). The molecule has 1 aliphatic rings. The minimum atomic E-state index is -3.83. The Bertz CT molecular complexity index is 1080. The second-order valence-electron chi connectivity index (χ2n) is 7.33. The van der Waals surface area contributed by atoms with Gasteiger partial charge in [-0.25, -0.2) is 8.42 Å². The molecule has 1 aliphatic heterocycles. The number of hydrogen-bond acceptors (Lipinski definition) is 4. The van der Waals surface area contributed by atoms with Crippen molar-refractivity contribution in [2.24, 2.45) is 0 Å². The number of anilines is 3. The molecule has 3 rings (SSSR count). The zero-order valence-electron chi connectivity index (χ0n) is 17.5. The number of carbonyl (C=O) groups excluding carboxylic acids is 2. The van der Waals surface area contributed by atoms with Gasteiger partial charge >= 0.3 is 0 Å². The van der Waals surface area contributed by atoms with E-state index in [0.29, 0.717) is 36.3 Å². The van der Waals surface area contributed by atoms with Gasteiger partial charge in [-0.2, -0.15) is 0 Å². The first-order valence-electron chi connectivity index (χ1n) is 10.1. The van der Waals surface area contributed by atoms with Gasteiger partial charge in [-0.1, -0.05) is 19.9 Å². The molecule has 0 radical (unpaired) electrons. The Kier molecular flexibility index (Phi) is 6.45. The summed E-state index contributed by atoms with van der Waals surface area (Å²) in [5, 5.41) is 2.72. The number of rotatable bonds is 6. The van der Waals surface area contributed by atoms with Crippen molar-refractivity contribution in [1.29, 1.82) is 0 Å². The molecular formula is C22H27N3O4S. The van der Waals surface area contributed by atoms with Crippen LogP contribution in [0.3, 0.4) is 0 Å². The number of sulfonamides is 1. The first-order chi connectivity index (χ1) is 14.2. The second-order valence-corrected chi connectivity index (χ2v) is 8.98. The summed E-state index contributed by atoms with van der Waals surface area (Å²) in [4.78, 5) is 25.7. The van der Waals surface area contributed by atoms with Gasteiger partial charge in [-0.05, 0) is 61.2 Å². The fourth-order valence-corrected chi connectivity index (χ4v) is 4.85. The van der Waals surface area contributed by atoms with E-state index in [9.17, 15) is 18.0 Å². The largest absolute Gasteiger partial charge is 0.326 e. The lowest BCUT2D eigenvalue weighted by atomic mass is 10.0. The summed E-state index contributed by atoms with van der Waals surface area (Å²) in [7, 11) is -3.83. The van der Waals surface area contributed by atoms with E-state index < -0.39 is 10.0 Å². The molecule has 30 heavy (non-hydrogen) atoms. The highest BCUT2D eigenvalue weighted by Crippen LogP contribution is 2.32. The van der Waals surface area contributed by atoms with Crippen LogP contribution in [0.25, 0.3) is 0 Å². The van der Waals surface area contributed by atoms with E-state index in [-0.39, 0.29) is 16.7 Å². The van der Waals surface area contributed by atoms with E-state index in [1.54, 1.807) is 43.0 Å². The third-order valence-electron chi connectivity index (χ3n) is 5.13. The van der Waals surface area contributed by atoms with Gasteiger partial charge < -0.3 is 10.2 Å². The molecule has 0 aliphatic carbocycles. The van der Waals surface area contributed by atoms with Crippen LogP contribution in [0, 0.1) is 6.92 Å². The first-order valence-corrected chi connectivity index (χ1v) is 11.6. The highest BCUT2D eigenvalue weighted by atomic mass is 32.2. The summed E-state index contributed by atoms with van der Waals surface area (Å²) in [5.74, 6) is -0.111. The summed E-state index contributed by atoms with van der Waals surface area (Å²) < 4.78 is 28.6. The van der Waals surface area contributed by atoms with Crippen LogP contribution < -0.4 is 14.9 Å². The van der Waals surface area contributed by atoms with Crippen LogP contribution >= 0.6 is 0 Å². The van der Waals surface area contributed by atoms with Gasteiger partial charge in [0.1, 0.15) is 0 Å². The van der Waals surface area contributed by atoms with Crippen LogP contribution in [0.2, 0.25) is 0 Å². The fourth-order valence-electron chi connectivity index (χ4n) is 3.58. The first kappa shape index (κ1) is 21.8. The van der Waals surface area contributed by atoms with Crippen LogP contribution in [0.1, 0.15) is 44.2 Å². The van der Waals surface area contributed by atoms with Gasteiger partial charge in [0.05, 0.1) is 10.6 Å². The van der Waals surface area contributed by atoms with E-state index in [4.69, 9.17) is 0 Å². The molecule has 0 unspecified atom stereocenters. The number of carbonyl (C=O) groups is 2. The van der Waals surface area contributed by atoms with Crippen LogP contribution in [-0.4, -0.2) is 26.8 Å². The van der Waals surface area contributed by atoms with Gasteiger partial charge in [0, 0.05) is 30.8 Å². The van der Waals surface area contributed by atoms with Gasteiger partial charge in [-0.15, -0.1) is 0 Å². The molecule has 0 spiro atoms. The Morgan fingerprint density at radius 3 is 2.43 bits per heavy atom. The normalized spacial score (nSPS) is 13.5. The van der Waals surface area contributed by atoms with Crippen molar-refractivity contribution in [2.45, 2.75) is 51.3 Å². The third-order valence-corrected chi connectivity index (χ3v) is 6.67. The van der Waals surface area contributed by atoms with E-state index in [1.807, 2.05) is 13.0 Å². The smallest absolute Gasteiger partial charge is 0.262 e. The molecule has 0 atom stereocenters. The molecule has 2 N–H and O–H groups in total. The van der Waals surface area contributed by atoms with Crippen molar-refractivity contribution in [3.05, 3.63) is 47.5 Å². The molecule has 7 nitrogen and oxygen atoms in total. The maximum atomic E-state index is 13.0. The van der Waals surface area contributed by atoms with E-state index in [0.717, 1.165) is 24.1 Å². The minimum Gasteiger partial charge on any atom is -0.326 e. The lowest BCUT2D eigenvalue weighted by Crippen LogP contribution is -2.35. The zero-order valence-corrected chi connectivity index (χ0v) is 18.3. The molecule has 1 heterocycles. The molecule has 0 aromatic heterocycles. The van der Waals surface area contributed by atoms with Crippen molar-refractivity contribution >= 4 is 38.9 Å². The van der Waals surface area contributed by atoms with Crippen LogP contribution in [0.5, 0.6) is 0 Å². The molecule has 0 saturated heterocycles. The van der Waals surface area contributed by atoms with Crippen molar-refractivity contribution in [3.63, 3.8) is 0 Å².